The Balaban J connectivity index is 2.12. The van der Waals surface area contributed by atoms with Gasteiger partial charge in [0.2, 0.25) is 0 Å². The zero-order valence-corrected chi connectivity index (χ0v) is 13.2. The minimum absolute atomic E-state index is 0.0390. The van der Waals surface area contributed by atoms with Crippen LogP contribution in [0, 0.1) is 11.7 Å². The topological polar surface area (TPSA) is 63.2 Å². The number of benzene rings is 1. The lowest BCUT2D eigenvalue weighted by molar-refractivity contribution is 0.0917. The highest BCUT2D eigenvalue weighted by Crippen LogP contribution is 2.24. The van der Waals surface area contributed by atoms with Gasteiger partial charge in [-0.05, 0) is 37.0 Å². The zero-order chi connectivity index (χ0) is 15.6. The van der Waals surface area contributed by atoms with Crippen LogP contribution in [0.1, 0.15) is 43.0 Å². The summed E-state index contributed by atoms with van der Waals surface area (Å²) < 4.78 is 36.1. The van der Waals surface area contributed by atoms with Crippen LogP contribution in [0.3, 0.4) is 0 Å². The van der Waals surface area contributed by atoms with E-state index < -0.39 is 20.8 Å². The monoisotopic (exact) mass is 333 g/mol. The lowest BCUT2D eigenvalue weighted by Crippen LogP contribution is -2.38. The van der Waals surface area contributed by atoms with E-state index in [-0.39, 0.29) is 16.5 Å². The Morgan fingerprint density at radius 2 is 2.10 bits per heavy atom. The molecule has 1 amide bonds. The average molecular weight is 334 g/mol. The Labute approximate surface area is 128 Å². The van der Waals surface area contributed by atoms with Gasteiger partial charge in [0.25, 0.3) is 15.0 Å². The van der Waals surface area contributed by atoms with E-state index in [4.69, 9.17) is 10.7 Å². The summed E-state index contributed by atoms with van der Waals surface area (Å²) in [7, 11) is 1.14. The molecule has 2 unspecified atom stereocenters. The number of hydrogen-bond donors (Lipinski definition) is 1. The lowest BCUT2D eigenvalue weighted by atomic mass is 9.87. The molecule has 0 radical (unpaired) electrons. The second-order valence-corrected chi connectivity index (χ2v) is 8.09. The summed E-state index contributed by atoms with van der Waals surface area (Å²) in [5.41, 5.74) is -0.169. The van der Waals surface area contributed by atoms with E-state index in [1.54, 1.807) is 0 Å². The molecule has 2 rings (SSSR count). The smallest absolute Gasteiger partial charge is 0.261 e. The summed E-state index contributed by atoms with van der Waals surface area (Å²) in [5.74, 6) is -0.874. The predicted octanol–water partition coefficient (Wildman–Crippen LogP) is 3.06. The fourth-order valence-corrected chi connectivity index (χ4v) is 3.42. The van der Waals surface area contributed by atoms with Crippen LogP contribution in [0.4, 0.5) is 4.39 Å². The molecule has 4 nitrogen and oxygen atoms in total. The Hall–Kier alpha value is -1.14. The fraction of sp³-hybridized carbons (Fsp3) is 0.500. The molecular weight excluding hydrogens is 317 g/mol. The molecule has 1 aliphatic carbocycles. The predicted molar refractivity (Wildman–Crippen MR) is 78.3 cm³/mol. The molecule has 0 aliphatic heterocycles. The Bertz CT molecular complexity index is 648. The number of carbonyl (C=O) groups is 1. The van der Waals surface area contributed by atoms with Gasteiger partial charge in [0.1, 0.15) is 5.82 Å². The largest absolute Gasteiger partial charge is 0.349 e. The van der Waals surface area contributed by atoms with Crippen molar-refractivity contribution in [3.63, 3.8) is 0 Å². The number of rotatable bonds is 3. The van der Waals surface area contributed by atoms with Crippen molar-refractivity contribution in [1.29, 1.82) is 0 Å². The first-order valence-corrected chi connectivity index (χ1v) is 9.13. The lowest BCUT2D eigenvalue weighted by Gasteiger charge is -2.27. The van der Waals surface area contributed by atoms with Gasteiger partial charge >= 0.3 is 0 Å². The van der Waals surface area contributed by atoms with Gasteiger partial charge in [-0.1, -0.05) is 19.8 Å². The van der Waals surface area contributed by atoms with E-state index >= 15 is 0 Å². The van der Waals surface area contributed by atoms with Crippen molar-refractivity contribution in [1.82, 2.24) is 5.32 Å². The Morgan fingerprint density at radius 3 is 2.67 bits per heavy atom. The molecule has 1 fully saturated rings. The van der Waals surface area contributed by atoms with Crippen molar-refractivity contribution in [3.8, 4) is 0 Å². The van der Waals surface area contributed by atoms with Gasteiger partial charge in [0, 0.05) is 16.7 Å². The number of hydrogen-bond acceptors (Lipinski definition) is 3. The number of halogens is 2. The Kier molecular flexibility index (Phi) is 4.88. The molecular formula is C14H17ClFNO3S. The van der Waals surface area contributed by atoms with E-state index in [1.165, 1.54) is 0 Å². The van der Waals surface area contributed by atoms with Crippen molar-refractivity contribution in [2.24, 2.45) is 5.92 Å². The molecule has 0 saturated heterocycles. The second kappa shape index (κ2) is 6.32. The van der Waals surface area contributed by atoms with Crippen LogP contribution in [0.25, 0.3) is 0 Å². The van der Waals surface area contributed by atoms with Crippen LogP contribution in [-0.4, -0.2) is 20.4 Å². The SMILES string of the molecule is CC1CCCC(NC(=O)c2ccc(S(=O)(=O)Cl)cc2F)C1. The summed E-state index contributed by atoms with van der Waals surface area (Å²) >= 11 is 0. The molecule has 1 N–H and O–H groups in total. The summed E-state index contributed by atoms with van der Waals surface area (Å²) in [6, 6.07) is 3.08. The third kappa shape index (κ3) is 4.17. The first-order chi connectivity index (χ1) is 9.77. The van der Waals surface area contributed by atoms with Gasteiger partial charge in [-0.2, -0.15) is 0 Å². The van der Waals surface area contributed by atoms with Crippen LogP contribution in [0.2, 0.25) is 0 Å². The van der Waals surface area contributed by atoms with Crippen molar-refractivity contribution >= 4 is 25.6 Å². The molecule has 1 aliphatic rings. The quantitative estimate of drug-likeness (QED) is 0.865. The summed E-state index contributed by atoms with van der Waals surface area (Å²) in [6.07, 6.45) is 3.94. The molecule has 1 aromatic carbocycles. The number of carbonyl (C=O) groups excluding carboxylic acids is 1. The van der Waals surface area contributed by atoms with Crippen molar-refractivity contribution < 1.29 is 17.6 Å². The minimum Gasteiger partial charge on any atom is -0.349 e. The maximum atomic E-state index is 13.9. The van der Waals surface area contributed by atoms with Crippen LogP contribution in [-0.2, 0) is 9.05 Å². The fourth-order valence-electron chi connectivity index (χ4n) is 2.66. The molecule has 21 heavy (non-hydrogen) atoms. The average Bonchev–Trinajstić information content (AvgIpc) is 2.37. The van der Waals surface area contributed by atoms with Crippen LogP contribution >= 0.6 is 10.7 Å². The minimum atomic E-state index is -4.00. The van der Waals surface area contributed by atoms with Crippen LogP contribution in [0.15, 0.2) is 23.1 Å². The van der Waals surface area contributed by atoms with Gasteiger partial charge in [-0.15, -0.1) is 0 Å². The molecule has 1 aromatic rings. The van der Waals surface area contributed by atoms with Gasteiger partial charge < -0.3 is 5.32 Å². The van der Waals surface area contributed by atoms with Crippen LogP contribution < -0.4 is 5.32 Å². The van der Waals surface area contributed by atoms with Gasteiger partial charge in [0.15, 0.2) is 0 Å². The van der Waals surface area contributed by atoms with E-state index in [0.29, 0.717) is 5.92 Å². The van der Waals surface area contributed by atoms with Gasteiger partial charge in [-0.3, -0.25) is 4.79 Å². The normalized spacial score (nSPS) is 22.8. The first-order valence-electron chi connectivity index (χ1n) is 6.82. The summed E-state index contributed by atoms with van der Waals surface area (Å²) in [4.78, 5) is 11.7. The summed E-state index contributed by atoms with van der Waals surface area (Å²) in [6.45, 7) is 2.12. The summed E-state index contributed by atoms with van der Waals surface area (Å²) in [5, 5.41) is 2.80. The van der Waals surface area contributed by atoms with E-state index in [2.05, 4.69) is 12.2 Å². The van der Waals surface area contributed by atoms with Gasteiger partial charge in [0.05, 0.1) is 10.5 Å². The van der Waals surface area contributed by atoms with E-state index in [9.17, 15) is 17.6 Å². The van der Waals surface area contributed by atoms with Crippen molar-refractivity contribution in [3.05, 3.63) is 29.6 Å². The highest BCUT2D eigenvalue weighted by Gasteiger charge is 2.23. The van der Waals surface area contributed by atoms with Gasteiger partial charge in [-0.25, -0.2) is 12.8 Å². The second-order valence-electron chi connectivity index (χ2n) is 5.52. The highest BCUT2D eigenvalue weighted by atomic mass is 35.7. The molecule has 7 heteroatoms. The molecule has 2 atom stereocenters. The molecule has 1 saturated carbocycles. The van der Waals surface area contributed by atoms with Crippen molar-refractivity contribution in [2.45, 2.75) is 43.5 Å². The maximum absolute atomic E-state index is 13.9. The molecule has 0 heterocycles. The number of amides is 1. The molecule has 0 aromatic heterocycles. The first kappa shape index (κ1) is 16.2. The maximum Gasteiger partial charge on any atom is 0.261 e. The highest BCUT2D eigenvalue weighted by molar-refractivity contribution is 8.13. The van der Waals surface area contributed by atoms with Crippen molar-refractivity contribution in [2.75, 3.05) is 0 Å². The van der Waals surface area contributed by atoms with E-state index in [0.717, 1.165) is 43.9 Å². The third-order valence-electron chi connectivity index (χ3n) is 3.74. The molecule has 0 bridgehead atoms. The molecule has 0 spiro atoms. The van der Waals surface area contributed by atoms with Crippen LogP contribution in [0.5, 0.6) is 0 Å². The molecule has 116 valence electrons. The van der Waals surface area contributed by atoms with E-state index in [1.807, 2.05) is 0 Å². The Morgan fingerprint density at radius 1 is 1.38 bits per heavy atom. The number of nitrogens with one attached hydrogen (secondary N) is 1. The third-order valence-corrected chi connectivity index (χ3v) is 5.09. The zero-order valence-electron chi connectivity index (χ0n) is 11.6. The standard InChI is InChI=1S/C14H17ClFNO3S/c1-9-3-2-4-10(7-9)17-14(18)12-6-5-11(8-13(12)16)21(15,19)20/h5-6,8-10H,2-4,7H2,1H3,(H,17,18).